The highest BCUT2D eigenvalue weighted by Crippen LogP contribution is 2.38. The molecule has 0 spiro atoms. The molecule has 1 N–H and O–H groups in total. The number of alkyl halides is 3. The van der Waals surface area contributed by atoms with Crippen LogP contribution in [0, 0.1) is 5.92 Å². The molecule has 2 nitrogen and oxygen atoms in total. The Labute approximate surface area is 111 Å². The molecule has 1 saturated carbocycles. The fourth-order valence-electron chi connectivity index (χ4n) is 1.80. The van der Waals surface area contributed by atoms with Gasteiger partial charge in [-0.3, -0.25) is 0 Å². The first kappa shape index (κ1) is 14.2. The molecule has 19 heavy (non-hydrogen) atoms. The highest BCUT2D eigenvalue weighted by molar-refractivity contribution is 5.39. The number of hydrogen-bond donors (Lipinski definition) is 1. The van der Waals surface area contributed by atoms with Gasteiger partial charge in [0.25, 0.3) is 0 Å². The molecule has 0 unspecified atom stereocenters. The summed E-state index contributed by atoms with van der Waals surface area (Å²) in [5, 5.41) is 3.01. The normalized spacial score (nSPS) is 15.6. The highest BCUT2D eigenvalue weighted by Gasteiger charge is 2.35. The van der Waals surface area contributed by atoms with Gasteiger partial charge in [0.2, 0.25) is 0 Å². The third-order valence-electron chi connectivity index (χ3n) is 3.10. The summed E-state index contributed by atoms with van der Waals surface area (Å²) in [7, 11) is 0. The third-order valence-corrected chi connectivity index (χ3v) is 3.10. The number of nitrogens with one attached hydrogen (secondary N) is 1. The van der Waals surface area contributed by atoms with Gasteiger partial charge in [-0.25, -0.2) is 0 Å². The van der Waals surface area contributed by atoms with Crippen LogP contribution in [-0.4, -0.2) is 13.2 Å². The minimum atomic E-state index is -4.37. The average molecular weight is 273 g/mol. The van der Waals surface area contributed by atoms with Crippen molar-refractivity contribution in [3.05, 3.63) is 29.3 Å². The molecule has 1 aromatic carbocycles. The van der Waals surface area contributed by atoms with Gasteiger partial charge in [0.05, 0.1) is 12.2 Å². The predicted octanol–water partition coefficient (Wildman–Crippen LogP) is 3.60. The SMILES string of the molecule is CCNCc1ccc(OCC2CC2)c(C(F)(F)F)c1. The molecule has 0 amide bonds. The summed E-state index contributed by atoms with van der Waals surface area (Å²) in [5.74, 6) is 0.377. The van der Waals surface area contributed by atoms with Crippen LogP contribution in [0.5, 0.6) is 5.75 Å². The Hall–Kier alpha value is -1.23. The maximum Gasteiger partial charge on any atom is 0.419 e. The molecule has 2 rings (SSSR count). The lowest BCUT2D eigenvalue weighted by Gasteiger charge is -2.15. The van der Waals surface area contributed by atoms with Gasteiger partial charge in [-0.2, -0.15) is 13.2 Å². The lowest BCUT2D eigenvalue weighted by Crippen LogP contribution is -2.14. The van der Waals surface area contributed by atoms with Crippen LogP contribution in [0.15, 0.2) is 18.2 Å². The summed E-state index contributed by atoms with van der Waals surface area (Å²) >= 11 is 0. The van der Waals surface area contributed by atoms with Crippen molar-refractivity contribution >= 4 is 0 Å². The molecule has 1 aliphatic carbocycles. The minimum absolute atomic E-state index is 0.0559. The number of rotatable bonds is 6. The summed E-state index contributed by atoms with van der Waals surface area (Å²) in [5.41, 5.74) is -0.0588. The van der Waals surface area contributed by atoms with E-state index in [2.05, 4.69) is 5.32 Å². The van der Waals surface area contributed by atoms with E-state index >= 15 is 0 Å². The second-order valence-electron chi connectivity index (χ2n) is 4.86. The van der Waals surface area contributed by atoms with Crippen LogP contribution >= 0.6 is 0 Å². The molecule has 0 heterocycles. The standard InChI is InChI=1S/C14H18F3NO/c1-2-18-8-11-5-6-13(19-9-10-3-4-10)12(7-11)14(15,16)17/h5-7,10,18H,2-4,8-9H2,1H3. The monoisotopic (exact) mass is 273 g/mol. The molecule has 1 fully saturated rings. The molecule has 0 radical (unpaired) electrons. The molecule has 0 bridgehead atoms. The molecule has 0 aliphatic heterocycles. The number of halogens is 3. The zero-order valence-corrected chi connectivity index (χ0v) is 10.9. The maximum absolute atomic E-state index is 13.0. The van der Waals surface area contributed by atoms with Gasteiger partial charge in [0, 0.05) is 6.54 Å². The Kier molecular flexibility index (Phi) is 4.34. The van der Waals surface area contributed by atoms with Gasteiger partial charge in [-0.15, -0.1) is 0 Å². The van der Waals surface area contributed by atoms with Gasteiger partial charge < -0.3 is 10.1 Å². The molecule has 106 valence electrons. The van der Waals surface area contributed by atoms with E-state index in [1.165, 1.54) is 12.1 Å². The quantitative estimate of drug-likeness (QED) is 0.855. The van der Waals surface area contributed by atoms with E-state index < -0.39 is 11.7 Å². The van der Waals surface area contributed by atoms with Crippen LogP contribution in [0.4, 0.5) is 13.2 Å². The summed E-state index contributed by atoms with van der Waals surface area (Å²) in [6, 6.07) is 4.28. The fraction of sp³-hybridized carbons (Fsp3) is 0.571. The summed E-state index contributed by atoms with van der Waals surface area (Å²) in [6.07, 6.45) is -2.26. The summed E-state index contributed by atoms with van der Waals surface area (Å²) < 4.78 is 44.3. The second-order valence-corrected chi connectivity index (χ2v) is 4.86. The van der Waals surface area contributed by atoms with E-state index in [-0.39, 0.29) is 5.75 Å². The molecule has 1 aliphatic rings. The number of hydrogen-bond acceptors (Lipinski definition) is 2. The van der Waals surface area contributed by atoms with E-state index in [1.807, 2.05) is 6.92 Å². The highest BCUT2D eigenvalue weighted by atomic mass is 19.4. The molecule has 0 aromatic heterocycles. The van der Waals surface area contributed by atoms with Crippen molar-refractivity contribution in [2.24, 2.45) is 5.92 Å². The first-order valence-electron chi connectivity index (χ1n) is 6.54. The van der Waals surface area contributed by atoms with Gasteiger partial charge in [0.15, 0.2) is 0 Å². The van der Waals surface area contributed by atoms with Crippen LogP contribution in [0.25, 0.3) is 0 Å². The Bertz CT molecular complexity index is 427. The van der Waals surface area contributed by atoms with Crippen LogP contribution in [0.1, 0.15) is 30.9 Å². The molecule has 0 saturated heterocycles. The third kappa shape index (κ3) is 4.13. The summed E-state index contributed by atoms with van der Waals surface area (Å²) in [6.45, 7) is 3.46. The topological polar surface area (TPSA) is 21.3 Å². The molecule has 0 atom stereocenters. The minimum Gasteiger partial charge on any atom is -0.493 e. The van der Waals surface area contributed by atoms with E-state index in [0.29, 0.717) is 24.6 Å². The summed E-state index contributed by atoms with van der Waals surface area (Å²) in [4.78, 5) is 0. The number of ether oxygens (including phenoxy) is 1. The molecule has 1 aromatic rings. The van der Waals surface area contributed by atoms with Crippen molar-refractivity contribution in [3.63, 3.8) is 0 Å². The van der Waals surface area contributed by atoms with Crippen LogP contribution < -0.4 is 10.1 Å². The zero-order valence-electron chi connectivity index (χ0n) is 10.9. The lowest BCUT2D eigenvalue weighted by molar-refractivity contribution is -0.139. The zero-order chi connectivity index (χ0) is 13.9. The van der Waals surface area contributed by atoms with Gasteiger partial charge in [-0.1, -0.05) is 13.0 Å². The number of benzene rings is 1. The van der Waals surface area contributed by atoms with E-state index in [9.17, 15) is 13.2 Å². The largest absolute Gasteiger partial charge is 0.493 e. The maximum atomic E-state index is 13.0. The van der Waals surface area contributed by atoms with Crippen LogP contribution in [0.3, 0.4) is 0 Å². The van der Waals surface area contributed by atoms with E-state index in [1.54, 1.807) is 6.07 Å². The molecular formula is C14H18F3NO. The van der Waals surface area contributed by atoms with Crippen molar-refractivity contribution in [3.8, 4) is 5.75 Å². The average Bonchev–Trinajstić information content (AvgIpc) is 3.17. The van der Waals surface area contributed by atoms with Gasteiger partial charge >= 0.3 is 6.18 Å². The Morgan fingerprint density at radius 2 is 2.05 bits per heavy atom. The van der Waals surface area contributed by atoms with Gasteiger partial charge in [-0.05, 0) is 43.0 Å². The van der Waals surface area contributed by atoms with Gasteiger partial charge in [0.1, 0.15) is 5.75 Å². The second kappa shape index (κ2) is 5.82. The van der Waals surface area contributed by atoms with Crippen LogP contribution in [-0.2, 0) is 12.7 Å². The Morgan fingerprint density at radius 1 is 1.32 bits per heavy atom. The van der Waals surface area contributed by atoms with Crippen molar-refractivity contribution < 1.29 is 17.9 Å². The van der Waals surface area contributed by atoms with E-state index in [0.717, 1.165) is 19.4 Å². The predicted molar refractivity (Wildman–Crippen MR) is 67.0 cm³/mol. The van der Waals surface area contributed by atoms with Crippen LogP contribution in [0.2, 0.25) is 0 Å². The smallest absolute Gasteiger partial charge is 0.419 e. The Morgan fingerprint density at radius 3 is 2.63 bits per heavy atom. The molecule has 5 heteroatoms. The fourth-order valence-corrected chi connectivity index (χ4v) is 1.80. The first-order valence-corrected chi connectivity index (χ1v) is 6.54. The van der Waals surface area contributed by atoms with Crippen molar-refractivity contribution in [2.45, 2.75) is 32.5 Å². The van der Waals surface area contributed by atoms with E-state index in [4.69, 9.17) is 4.74 Å². The Balaban J connectivity index is 2.15. The van der Waals surface area contributed by atoms with Crippen molar-refractivity contribution in [2.75, 3.05) is 13.2 Å². The lowest BCUT2D eigenvalue weighted by atomic mass is 10.1. The van der Waals surface area contributed by atoms with Crippen molar-refractivity contribution in [1.82, 2.24) is 5.32 Å². The van der Waals surface area contributed by atoms with Crippen molar-refractivity contribution in [1.29, 1.82) is 0 Å². The molecular weight excluding hydrogens is 255 g/mol. The first-order chi connectivity index (χ1) is 9.00.